The van der Waals surface area contributed by atoms with Crippen molar-refractivity contribution in [2.75, 3.05) is 6.61 Å². The average Bonchev–Trinajstić information content (AvgIpc) is 3.05. The second-order valence-corrected chi connectivity index (χ2v) is 10.1. The van der Waals surface area contributed by atoms with Crippen LogP contribution in [0.25, 0.3) is 21.8 Å². The number of aromatic nitrogens is 1. The van der Waals surface area contributed by atoms with E-state index in [4.69, 9.17) is 9.84 Å². The van der Waals surface area contributed by atoms with Crippen LogP contribution in [0.4, 0.5) is 0 Å². The van der Waals surface area contributed by atoms with Crippen molar-refractivity contribution in [1.82, 2.24) is 4.57 Å². The number of hydrogen-bond donors (Lipinski definition) is 1. The fourth-order valence-corrected chi connectivity index (χ4v) is 4.88. The van der Waals surface area contributed by atoms with E-state index in [2.05, 4.69) is 86.1 Å². The fourth-order valence-electron chi connectivity index (χ4n) is 3.90. The normalized spacial score (nSPS) is 11.3. The van der Waals surface area contributed by atoms with Gasteiger partial charge in [-0.05, 0) is 119 Å². The smallest absolute Gasteiger partial charge is 0.335 e. The maximum atomic E-state index is 10.9. The van der Waals surface area contributed by atoms with Crippen molar-refractivity contribution < 1.29 is 14.6 Å². The molecule has 3 aromatic carbocycles. The third kappa shape index (κ3) is 5.34. The number of aromatic carboxylic acids is 1. The van der Waals surface area contributed by atoms with Crippen LogP contribution in [0.15, 0.2) is 60.7 Å². The molecule has 0 fully saturated rings. The summed E-state index contributed by atoms with van der Waals surface area (Å²) in [5, 5.41) is 11.6. The first-order chi connectivity index (χ1) is 15.0. The molecule has 0 atom stereocenters. The Morgan fingerprint density at radius 3 is 1.97 bits per heavy atom. The molecular formula is C25H23I2NO3. The van der Waals surface area contributed by atoms with E-state index in [1.54, 1.807) is 24.3 Å². The SMILES string of the molecule is O=C(O)c1ccc(OCCCCCCn2c3ccc(I)cc3c3cc(I)ccc32)cc1. The zero-order valence-corrected chi connectivity index (χ0v) is 21.3. The highest BCUT2D eigenvalue weighted by atomic mass is 127. The zero-order valence-electron chi connectivity index (χ0n) is 17.0. The largest absolute Gasteiger partial charge is 0.494 e. The Hall–Kier alpha value is -1.81. The minimum Gasteiger partial charge on any atom is -0.494 e. The first-order valence-electron chi connectivity index (χ1n) is 10.4. The lowest BCUT2D eigenvalue weighted by atomic mass is 10.2. The fraction of sp³-hybridized carbons (Fsp3) is 0.240. The third-order valence-electron chi connectivity index (χ3n) is 5.44. The van der Waals surface area contributed by atoms with Gasteiger partial charge in [0.2, 0.25) is 0 Å². The number of hydrogen-bond acceptors (Lipinski definition) is 2. The van der Waals surface area contributed by atoms with E-state index in [0.717, 1.165) is 38.0 Å². The van der Waals surface area contributed by atoms with Gasteiger partial charge in [0.25, 0.3) is 0 Å². The number of fused-ring (bicyclic) bond motifs is 3. The van der Waals surface area contributed by atoms with E-state index in [0.29, 0.717) is 6.61 Å². The van der Waals surface area contributed by atoms with Crippen molar-refractivity contribution in [3.8, 4) is 5.75 Å². The van der Waals surface area contributed by atoms with E-state index in [1.807, 2.05) is 0 Å². The van der Waals surface area contributed by atoms with Crippen LogP contribution in [0.5, 0.6) is 5.75 Å². The van der Waals surface area contributed by atoms with Crippen molar-refractivity contribution >= 4 is 73.0 Å². The van der Waals surface area contributed by atoms with Crippen LogP contribution in [-0.4, -0.2) is 22.2 Å². The number of rotatable bonds is 9. The summed E-state index contributed by atoms with van der Waals surface area (Å²) in [6.45, 7) is 1.66. The maximum absolute atomic E-state index is 10.9. The Morgan fingerprint density at radius 1 is 0.806 bits per heavy atom. The maximum Gasteiger partial charge on any atom is 0.335 e. The molecule has 1 heterocycles. The highest BCUT2D eigenvalue weighted by Crippen LogP contribution is 2.31. The Labute approximate surface area is 208 Å². The molecule has 0 aliphatic carbocycles. The van der Waals surface area contributed by atoms with Crippen molar-refractivity contribution in [3.05, 3.63) is 73.4 Å². The second-order valence-electron chi connectivity index (χ2n) is 7.57. The van der Waals surface area contributed by atoms with Gasteiger partial charge in [-0.25, -0.2) is 4.79 Å². The molecule has 0 radical (unpaired) electrons. The second kappa shape index (κ2) is 10.2. The van der Waals surface area contributed by atoms with Crippen LogP contribution >= 0.6 is 45.2 Å². The minimum atomic E-state index is -0.917. The van der Waals surface area contributed by atoms with Crippen LogP contribution in [-0.2, 0) is 6.54 Å². The molecule has 0 bridgehead atoms. The van der Waals surface area contributed by atoms with E-state index in [9.17, 15) is 4.79 Å². The first-order valence-corrected chi connectivity index (χ1v) is 12.5. The average molecular weight is 639 g/mol. The van der Waals surface area contributed by atoms with Crippen LogP contribution in [0.3, 0.4) is 0 Å². The summed E-state index contributed by atoms with van der Waals surface area (Å²) in [6.07, 6.45) is 4.38. The number of nitrogens with zero attached hydrogens (tertiary/aromatic N) is 1. The van der Waals surface area contributed by atoms with Crippen molar-refractivity contribution in [3.63, 3.8) is 0 Å². The summed E-state index contributed by atoms with van der Waals surface area (Å²) in [7, 11) is 0. The van der Waals surface area contributed by atoms with Crippen molar-refractivity contribution in [2.24, 2.45) is 0 Å². The highest BCUT2D eigenvalue weighted by molar-refractivity contribution is 14.1. The van der Waals surface area contributed by atoms with Gasteiger partial charge < -0.3 is 14.4 Å². The molecule has 0 aliphatic heterocycles. The lowest BCUT2D eigenvalue weighted by Crippen LogP contribution is -2.00. The summed E-state index contributed by atoms with van der Waals surface area (Å²) in [5.41, 5.74) is 2.90. The van der Waals surface area contributed by atoms with Gasteiger partial charge in [-0.3, -0.25) is 0 Å². The number of carboxylic acid groups (broad SMARTS) is 1. The van der Waals surface area contributed by atoms with Crippen molar-refractivity contribution in [1.29, 1.82) is 0 Å². The van der Waals surface area contributed by atoms with Gasteiger partial charge in [0.1, 0.15) is 5.75 Å². The molecule has 160 valence electrons. The van der Waals surface area contributed by atoms with Gasteiger partial charge in [0, 0.05) is 35.5 Å². The molecular weight excluding hydrogens is 616 g/mol. The molecule has 4 rings (SSSR count). The molecule has 31 heavy (non-hydrogen) atoms. The molecule has 0 spiro atoms. The summed E-state index contributed by atoms with van der Waals surface area (Å²) in [6, 6.07) is 20.0. The standard InChI is InChI=1S/C25H23I2NO3/c26-18-7-11-23-21(15-18)22-16-19(27)8-12-24(22)28(23)13-3-1-2-4-14-31-20-9-5-17(6-10-20)25(29)30/h5-12,15-16H,1-4,13-14H2,(H,29,30). The van der Waals surface area contributed by atoms with Gasteiger partial charge in [-0.1, -0.05) is 12.8 Å². The van der Waals surface area contributed by atoms with Gasteiger partial charge in [-0.2, -0.15) is 0 Å². The van der Waals surface area contributed by atoms with E-state index in [-0.39, 0.29) is 5.56 Å². The number of carbonyl (C=O) groups is 1. The molecule has 0 saturated heterocycles. The Morgan fingerprint density at radius 2 is 1.39 bits per heavy atom. The summed E-state index contributed by atoms with van der Waals surface area (Å²) in [4.78, 5) is 10.9. The van der Waals surface area contributed by atoms with Crippen LogP contribution in [0, 0.1) is 7.14 Å². The van der Waals surface area contributed by atoms with Crippen molar-refractivity contribution in [2.45, 2.75) is 32.2 Å². The van der Waals surface area contributed by atoms with E-state index in [1.165, 1.54) is 28.9 Å². The molecule has 0 aliphatic rings. The quantitative estimate of drug-likeness (QED) is 0.154. The lowest BCUT2D eigenvalue weighted by molar-refractivity contribution is 0.0697. The highest BCUT2D eigenvalue weighted by Gasteiger charge is 2.11. The molecule has 0 unspecified atom stereocenters. The van der Waals surface area contributed by atoms with Gasteiger partial charge in [-0.15, -0.1) is 0 Å². The predicted molar refractivity (Wildman–Crippen MR) is 142 cm³/mol. The molecule has 0 saturated carbocycles. The number of benzene rings is 3. The summed E-state index contributed by atoms with van der Waals surface area (Å²) in [5.74, 6) is -0.196. The number of ether oxygens (including phenoxy) is 1. The summed E-state index contributed by atoms with van der Waals surface area (Å²) >= 11 is 4.77. The topological polar surface area (TPSA) is 51.5 Å². The molecule has 1 N–H and O–H groups in total. The Bertz CT molecular complexity index is 1160. The van der Waals surface area contributed by atoms with Crippen LogP contribution in [0.2, 0.25) is 0 Å². The number of carboxylic acids is 1. The minimum absolute atomic E-state index is 0.279. The van der Waals surface area contributed by atoms with E-state index >= 15 is 0 Å². The van der Waals surface area contributed by atoms with E-state index < -0.39 is 5.97 Å². The van der Waals surface area contributed by atoms with Gasteiger partial charge in [0.15, 0.2) is 0 Å². The Balaban J connectivity index is 1.30. The number of aryl methyl sites for hydroxylation is 1. The molecule has 4 nitrogen and oxygen atoms in total. The number of halogens is 2. The predicted octanol–water partition coefficient (Wildman–Crippen LogP) is 7.34. The zero-order chi connectivity index (χ0) is 21.8. The third-order valence-corrected chi connectivity index (χ3v) is 6.78. The van der Waals surface area contributed by atoms with Gasteiger partial charge >= 0.3 is 5.97 Å². The van der Waals surface area contributed by atoms with Crippen LogP contribution in [0.1, 0.15) is 36.0 Å². The lowest BCUT2D eigenvalue weighted by Gasteiger charge is -2.09. The number of unbranched alkanes of at least 4 members (excludes halogenated alkanes) is 3. The molecule has 6 heteroatoms. The molecule has 0 amide bonds. The molecule has 1 aromatic heterocycles. The van der Waals surface area contributed by atoms with Gasteiger partial charge in [0.05, 0.1) is 12.2 Å². The Kier molecular flexibility index (Phi) is 7.37. The first kappa shape index (κ1) is 22.4. The summed E-state index contributed by atoms with van der Waals surface area (Å²) < 4.78 is 10.7. The monoisotopic (exact) mass is 639 g/mol. The molecule has 4 aromatic rings. The van der Waals surface area contributed by atoms with Crippen LogP contribution < -0.4 is 4.74 Å².